The van der Waals surface area contributed by atoms with E-state index in [4.69, 9.17) is 0 Å². The van der Waals surface area contributed by atoms with Gasteiger partial charge >= 0.3 is 0 Å². The molecule has 0 amide bonds. The van der Waals surface area contributed by atoms with Crippen molar-refractivity contribution in [2.24, 2.45) is 0 Å². The fraction of sp³-hybridized carbons (Fsp3) is 0.0612. The van der Waals surface area contributed by atoms with E-state index in [1.54, 1.807) is 0 Å². The van der Waals surface area contributed by atoms with E-state index in [0.29, 0.717) is 0 Å². The number of hydrogen-bond acceptors (Lipinski definition) is 1. The minimum Gasteiger partial charge on any atom is -0.310 e. The molecule has 1 aliphatic carbocycles. The van der Waals surface area contributed by atoms with Crippen LogP contribution in [0.1, 0.15) is 25.0 Å². The largest absolute Gasteiger partial charge is 0.310 e. The summed E-state index contributed by atoms with van der Waals surface area (Å²) in [6.45, 7) is 4.73. The number of para-hydroxylation sites is 2. The Morgan fingerprint density at radius 2 is 0.880 bits per heavy atom. The lowest BCUT2D eigenvalue weighted by Gasteiger charge is -2.28. The zero-order valence-electron chi connectivity index (χ0n) is 28.3. The SMILES string of the molecule is CC1(C)c2cc(-c3ccc(N(c4ccccc4)c4ccccc4-c4ccccc4-c4ccccc4)cc3)ccc2-c2cc3ccccc3cc21. The highest BCUT2D eigenvalue weighted by atomic mass is 15.1. The zero-order chi connectivity index (χ0) is 33.7. The topological polar surface area (TPSA) is 3.24 Å². The maximum absolute atomic E-state index is 2.42. The molecular weight excluding hydrogens is 603 g/mol. The van der Waals surface area contributed by atoms with Gasteiger partial charge in [0.15, 0.2) is 0 Å². The molecule has 9 rings (SSSR count). The Bertz CT molecular complexity index is 2490. The third-order valence-corrected chi connectivity index (χ3v) is 10.5. The van der Waals surface area contributed by atoms with Gasteiger partial charge in [-0.1, -0.05) is 153 Å². The van der Waals surface area contributed by atoms with Gasteiger partial charge in [-0.2, -0.15) is 0 Å². The van der Waals surface area contributed by atoms with Crippen LogP contribution in [-0.2, 0) is 5.41 Å². The van der Waals surface area contributed by atoms with Crippen LogP contribution in [0.5, 0.6) is 0 Å². The Morgan fingerprint density at radius 1 is 0.340 bits per heavy atom. The molecule has 0 saturated heterocycles. The highest BCUT2D eigenvalue weighted by Crippen LogP contribution is 2.51. The molecule has 8 aromatic carbocycles. The van der Waals surface area contributed by atoms with Crippen LogP contribution in [0.3, 0.4) is 0 Å². The maximum atomic E-state index is 2.42. The summed E-state index contributed by atoms with van der Waals surface area (Å²) in [6.07, 6.45) is 0. The van der Waals surface area contributed by atoms with E-state index in [1.807, 2.05) is 0 Å². The lowest BCUT2D eigenvalue weighted by atomic mass is 9.81. The van der Waals surface area contributed by atoms with Gasteiger partial charge in [0.1, 0.15) is 0 Å². The number of anilines is 3. The molecule has 1 heteroatoms. The average molecular weight is 640 g/mol. The van der Waals surface area contributed by atoms with E-state index in [-0.39, 0.29) is 5.41 Å². The molecule has 0 saturated carbocycles. The minimum atomic E-state index is -0.0749. The predicted molar refractivity (Wildman–Crippen MR) is 213 cm³/mol. The van der Waals surface area contributed by atoms with Gasteiger partial charge in [0.05, 0.1) is 5.69 Å². The summed E-state index contributed by atoms with van der Waals surface area (Å²) in [6, 6.07) is 68.5. The van der Waals surface area contributed by atoms with Gasteiger partial charge in [-0.25, -0.2) is 0 Å². The molecule has 50 heavy (non-hydrogen) atoms. The van der Waals surface area contributed by atoms with Crippen LogP contribution in [0.25, 0.3) is 55.3 Å². The minimum absolute atomic E-state index is 0.0749. The van der Waals surface area contributed by atoms with E-state index in [2.05, 4.69) is 207 Å². The lowest BCUT2D eigenvalue weighted by molar-refractivity contribution is 0.661. The normalized spacial score (nSPS) is 12.8. The van der Waals surface area contributed by atoms with Crippen molar-refractivity contribution in [2.75, 3.05) is 4.90 Å². The summed E-state index contributed by atoms with van der Waals surface area (Å²) in [4.78, 5) is 2.38. The van der Waals surface area contributed by atoms with Crippen LogP contribution in [-0.4, -0.2) is 0 Å². The Hall–Kier alpha value is -6.18. The third kappa shape index (κ3) is 5.02. The van der Waals surface area contributed by atoms with E-state index >= 15 is 0 Å². The third-order valence-electron chi connectivity index (χ3n) is 10.5. The summed E-state index contributed by atoms with van der Waals surface area (Å²) in [5.74, 6) is 0. The smallest absolute Gasteiger partial charge is 0.0540 e. The second-order valence-electron chi connectivity index (χ2n) is 13.8. The monoisotopic (exact) mass is 639 g/mol. The number of nitrogens with zero attached hydrogens (tertiary/aromatic N) is 1. The molecule has 238 valence electrons. The Labute approximate surface area is 294 Å². The van der Waals surface area contributed by atoms with Gasteiger partial charge in [0.25, 0.3) is 0 Å². The average Bonchev–Trinajstić information content (AvgIpc) is 3.40. The van der Waals surface area contributed by atoms with Crippen LogP contribution in [0.2, 0.25) is 0 Å². The first kappa shape index (κ1) is 29.9. The first-order valence-corrected chi connectivity index (χ1v) is 17.4. The summed E-state index contributed by atoms with van der Waals surface area (Å²) in [5, 5.41) is 2.60. The van der Waals surface area contributed by atoms with E-state index < -0.39 is 0 Å². The summed E-state index contributed by atoms with van der Waals surface area (Å²) in [7, 11) is 0. The van der Waals surface area contributed by atoms with Crippen LogP contribution in [0.15, 0.2) is 188 Å². The Balaban J connectivity index is 1.12. The van der Waals surface area contributed by atoms with Crippen LogP contribution >= 0.6 is 0 Å². The van der Waals surface area contributed by atoms with Gasteiger partial charge in [-0.15, -0.1) is 0 Å². The lowest BCUT2D eigenvalue weighted by Crippen LogP contribution is -2.15. The molecule has 8 aromatic rings. The van der Waals surface area contributed by atoms with Gasteiger partial charge in [-0.3, -0.25) is 0 Å². The fourth-order valence-electron chi connectivity index (χ4n) is 7.89. The van der Waals surface area contributed by atoms with Crippen molar-refractivity contribution in [3.05, 3.63) is 199 Å². The van der Waals surface area contributed by atoms with Crippen molar-refractivity contribution in [1.29, 1.82) is 0 Å². The van der Waals surface area contributed by atoms with Gasteiger partial charge in [0, 0.05) is 22.4 Å². The second-order valence-corrected chi connectivity index (χ2v) is 13.8. The van der Waals surface area contributed by atoms with Crippen molar-refractivity contribution in [3.63, 3.8) is 0 Å². The first-order valence-electron chi connectivity index (χ1n) is 17.4. The summed E-state index contributed by atoms with van der Waals surface area (Å²) < 4.78 is 0. The molecule has 0 spiro atoms. The van der Waals surface area contributed by atoms with Crippen molar-refractivity contribution < 1.29 is 0 Å². The highest BCUT2D eigenvalue weighted by molar-refractivity contribution is 5.95. The van der Waals surface area contributed by atoms with Crippen molar-refractivity contribution >= 4 is 27.8 Å². The van der Waals surface area contributed by atoms with E-state index in [0.717, 1.165) is 17.1 Å². The number of rotatable bonds is 6. The predicted octanol–water partition coefficient (Wildman–Crippen LogP) is 13.6. The van der Waals surface area contributed by atoms with E-state index in [1.165, 1.54) is 66.4 Å². The van der Waals surface area contributed by atoms with Gasteiger partial charge < -0.3 is 4.90 Å². The van der Waals surface area contributed by atoms with Gasteiger partial charge in [-0.05, 0) is 109 Å². The van der Waals surface area contributed by atoms with Crippen LogP contribution in [0.4, 0.5) is 17.1 Å². The molecule has 0 bridgehead atoms. The van der Waals surface area contributed by atoms with Crippen LogP contribution in [0, 0.1) is 0 Å². The second kappa shape index (κ2) is 12.1. The summed E-state index contributed by atoms with van der Waals surface area (Å²) >= 11 is 0. The molecule has 0 aliphatic heterocycles. The standard InChI is InChI=1S/C49H37N/c1-49(2)46-33-38(27-30-43(46)45-31-36-17-9-10-18-37(36)32-47(45)49)34-25-28-40(29-26-34)50(39-19-7-4-8-20-39)48-24-14-13-23-44(48)42-22-12-11-21-41(42)35-15-5-3-6-16-35/h3-33H,1-2H3. The quantitative estimate of drug-likeness (QED) is 0.175. The highest BCUT2D eigenvalue weighted by Gasteiger charge is 2.36. The molecule has 0 radical (unpaired) electrons. The van der Waals surface area contributed by atoms with Crippen molar-refractivity contribution in [1.82, 2.24) is 0 Å². The maximum Gasteiger partial charge on any atom is 0.0540 e. The number of fused-ring (bicyclic) bond motifs is 4. The molecule has 1 aliphatic rings. The van der Waals surface area contributed by atoms with Crippen LogP contribution < -0.4 is 4.90 Å². The molecule has 0 heterocycles. The zero-order valence-corrected chi connectivity index (χ0v) is 28.3. The fourth-order valence-corrected chi connectivity index (χ4v) is 7.89. The number of hydrogen-bond donors (Lipinski definition) is 0. The van der Waals surface area contributed by atoms with E-state index in [9.17, 15) is 0 Å². The molecule has 0 fully saturated rings. The Morgan fingerprint density at radius 3 is 1.62 bits per heavy atom. The Kier molecular flexibility index (Phi) is 7.21. The summed E-state index contributed by atoms with van der Waals surface area (Å²) in [5.41, 5.74) is 16.1. The molecule has 0 unspecified atom stereocenters. The van der Waals surface area contributed by atoms with Crippen molar-refractivity contribution in [2.45, 2.75) is 19.3 Å². The van der Waals surface area contributed by atoms with Gasteiger partial charge in [0.2, 0.25) is 0 Å². The molecule has 0 aromatic heterocycles. The molecule has 0 N–H and O–H groups in total. The molecule has 1 nitrogen and oxygen atoms in total. The number of benzene rings is 8. The van der Waals surface area contributed by atoms with Crippen molar-refractivity contribution in [3.8, 4) is 44.5 Å². The molecular formula is C49H37N. The first-order chi connectivity index (χ1) is 24.6. The molecule has 0 atom stereocenters.